The summed E-state index contributed by atoms with van der Waals surface area (Å²) in [7, 11) is -3.66. The first-order valence-corrected chi connectivity index (χ1v) is 14.7. The van der Waals surface area contributed by atoms with E-state index < -0.39 is 10.0 Å². The number of nitrogens with zero attached hydrogens (tertiary/aromatic N) is 1. The quantitative estimate of drug-likeness (QED) is 0.363. The van der Waals surface area contributed by atoms with Crippen molar-refractivity contribution in [3.8, 4) is 0 Å². The first-order chi connectivity index (χ1) is 18.2. The number of benzene rings is 3. The van der Waals surface area contributed by atoms with Gasteiger partial charge in [-0.3, -0.25) is 9.59 Å². The molecule has 1 fully saturated rings. The SMILES string of the molecule is C[C@@H](NC(=O)c1ccccc1NC(=O)C1CCN(S(=O)(=O)Cc2c(Cl)cccc2Cl)CC1)c1ccccc1. The Morgan fingerprint density at radius 1 is 0.921 bits per heavy atom. The third-order valence-electron chi connectivity index (χ3n) is 6.68. The maximum Gasteiger partial charge on any atom is 0.253 e. The molecule has 0 aromatic heterocycles. The molecule has 1 aliphatic rings. The molecule has 1 heterocycles. The standard InChI is InChI=1S/C28H29Cl2N3O4S/c1-19(20-8-3-2-4-9-20)31-28(35)22-10-5-6-13-26(22)32-27(34)21-14-16-33(17-15-21)38(36,37)18-23-24(29)11-7-12-25(23)30/h2-13,19,21H,14-18H2,1H3,(H,31,35)(H,32,34)/t19-/m1/s1. The van der Waals surface area contributed by atoms with Gasteiger partial charge < -0.3 is 10.6 Å². The predicted octanol–water partition coefficient (Wildman–Crippen LogP) is 5.66. The molecule has 0 spiro atoms. The van der Waals surface area contributed by atoms with Crippen LogP contribution in [0.3, 0.4) is 0 Å². The lowest BCUT2D eigenvalue weighted by Gasteiger charge is -2.31. The molecule has 1 atom stereocenters. The van der Waals surface area contributed by atoms with Crippen LogP contribution in [0.5, 0.6) is 0 Å². The summed E-state index contributed by atoms with van der Waals surface area (Å²) >= 11 is 12.3. The van der Waals surface area contributed by atoms with Gasteiger partial charge in [0.1, 0.15) is 0 Å². The van der Waals surface area contributed by atoms with Crippen LogP contribution in [-0.2, 0) is 20.6 Å². The van der Waals surface area contributed by atoms with E-state index in [-0.39, 0.29) is 42.6 Å². The molecule has 1 aliphatic heterocycles. The molecule has 4 rings (SSSR count). The Morgan fingerprint density at radius 3 is 2.18 bits per heavy atom. The van der Waals surface area contributed by atoms with E-state index in [1.807, 2.05) is 37.3 Å². The van der Waals surface area contributed by atoms with Crippen LogP contribution in [0.15, 0.2) is 72.8 Å². The molecule has 200 valence electrons. The Kier molecular flexibility index (Phi) is 9.10. The molecule has 38 heavy (non-hydrogen) atoms. The average Bonchev–Trinajstić information content (AvgIpc) is 2.91. The van der Waals surface area contributed by atoms with Gasteiger partial charge in [0.15, 0.2) is 0 Å². The largest absolute Gasteiger partial charge is 0.345 e. The molecule has 0 unspecified atom stereocenters. The van der Waals surface area contributed by atoms with Crippen LogP contribution in [-0.4, -0.2) is 37.6 Å². The number of sulfonamides is 1. The predicted molar refractivity (Wildman–Crippen MR) is 151 cm³/mol. The number of nitrogens with one attached hydrogen (secondary N) is 2. The zero-order valence-corrected chi connectivity index (χ0v) is 23.2. The van der Waals surface area contributed by atoms with Gasteiger partial charge in [0.25, 0.3) is 5.91 Å². The molecule has 2 amide bonds. The molecule has 0 bridgehead atoms. The Balaban J connectivity index is 1.37. The smallest absolute Gasteiger partial charge is 0.253 e. The van der Waals surface area contributed by atoms with E-state index in [9.17, 15) is 18.0 Å². The zero-order chi connectivity index (χ0) is 27.3. The molecule has 0 aliphatic carbocycles. The lowest BCUT2D eigenvalue weighted by Crippen LogP contribution is -2.42. The van der Waals surface area contributed by atoms with Crippen LogP contribution < -0.4 is 10.6 Å². The lowest BCUT2D eigenvalue weighted by molar-refractivity contribution is -0.120. The number of carbonyl (C=O) groups excluding carboxylic acids is 2. The molecule has 1 saturated heterocycles. The van der Waals surface area contributed by atoms with E-state index in [0.29, 0.717) is 39.7 Å². The summed E-state index contributed by atoms with van der Waals surface area (Å²) in [5, 5.41) is 6.46. The summed E-state index contributed by atoms with van der Waals surface area (Å²) in [6.07, 6.45) is 0.724. The fourth-order valence-electron chi connectivity index (χ4n) is 4.46. The second-order valence-electron chi connectivity index (χ2n) is 9.27. The van der Waals surface area contributed by atoms with Crippen molar-refractivity contribution < 1.29 is 18.0 Å². The van der Waals surface area contributed by atoms with Crippen molar-refractivity contribution >= 4 is 50.7 Å². The fraction of sp³-hybridized carbons (Fsp3) is 0.286. The monoisotopic (exact) mass is 573 g/mol. The van der Waals surface area contributed by atoms with Crippen LogP contribution in [0.1, 0.15) is 47.3 Å². The van der Waals surface area contributed by atoms with Gasteiger partial charge in [-0.05, 0) is 49.6 Å². The van der Waals surface area contributed by atoms with Crippen molar-refractivity contribution in [2.45, 2.75) is 31.6 Å². The van der Waals surface area contributed by atoms with Crippen LogP contribution >= 0.6 is 23.2 Å². The molecule has 0 radical (unpaired) electrons. The number of halogens is 2. The minimum Gasteiger partial charge on any atom is -0.345 e. The lowest BCUT2D eigenvalue weighted by atomic mass is 9.97. The van der Waals surface area contributed by atoms with E-state index in [4.69, 9.17) is 23.2 Å². The summed E-state index contributed by atoms with van der Waals surface area (Å²) < 4.78 is 27.4. The number of rotatable bonds is 8. The Labute approximate surface area is 233 Å². The summed E-state index contributed by atoms with van der Waals surface area (Å²) in [4.78, 5) is 26.1. The van der Waals surface area contributed by atoms with Crippen molar-refractivity contribution in [2.24, 2.45) is 5.92 Å². The molecule has 3 aromatic rings. The third kappa shape index (κ3) is 6.74. The molecule has 3 aromatic carbocycles. The Morgan fingerprint density at radius 2 is 1.53 bits per heavy atom. The zero-order valence-electron chi connectivity index (χ0n) is 20.9. The summed E-state index contributed by atoms with van der Waals surface area (Å²) in [5.41, 5.74) is 2.12. The van der Waals surface area contributed by atoms with Crippen LogP contribution in [0, 0.1) is 5.92 Å². The first kappa shape index (κ1) is 28.1. The molecule has 10 heteroatoms. The van der Waals surface area contributed by atoms with E-state index in [1.54, 1.807) is 42.5 Å². The van der Waals surface area contributed by atoms with E-state index in [1.165, 1.54) is 4.31 Å². The number of carbonyl (C=O) groups is 2. The highest BCUT2D eigenvalue weighted by molar-refractivity contribution is 7.88. The second kappa shape index (κ2) is 12.3. The highest BCUT2D eigenvalue weighted by Gasteiger charge is 2.32. The molecule has 7 nitrogen and oxygen atoms in total. The van der Waals surface area contributed by atoms with Crippen molar-refractivity contribution in [3.05, 3.63) is 99.5 Å². The average molecular weight is 575 g/mol. The van der Waals surface area contributed by atoms with Crippen LogP contribution in [0.4, 0.5) is 5.69 Å². The highest BCUT2D eigenvalue weighted by Crippen LogP contribution is 2.29. The number of amides is 2. The number of anilines is 1. The normalized spacial score (nSPS) is 15.6. The third-order valence-corrected chi connectivity index (χ3v) is 9.20. The van der Waals surface area contributed by atoms with E-state index in [0.717, 1.165) is 5.56 Å². The Hall–Kier alpha value is -2.91. The van der Waals surface area contributed by atoms with Gasteiger partial charge in [0.2, 0.25) is 15.9 Å². The van der Waals surface area contributed by atoms with Gasteiger partial charge in [-0.1, -0.05) is 71.7 Å². The minimum absolute atomic E-state index is 0.208. The van der Waals surface area contributed by atoms with Gasteiger partial charge in [-0.25, -0.2) is 12.7 Å². The van der Waals surface area contributed by atoms with E-state index in [2.05, 4.69) is 10.6 Å². The van der Waals surface area contributed by atoms with Crippen molar-refractivity contribution in [1.29, 1.82) is 0 Å². The molecule has 0 saturated carbocycles. The Bertz CT molecular complexity index is 1390. The molecular weight excluding hydrogens is 545 g/mol. The minimum atomic E-state index is -3.66. The van der Waals surface area contributed by atoms with Crippen molar-refractivity contribution in [3.63, 3.8) is 0 Å². The van der Waals surface area contributed by atoms with Crippen molar-refractivity contribution in [2.75, 3.05) is 18.4 Å². The first-order valence-electron chi connectivity index (χ1n) is 12.3. The summed E-state index contributed by atoms with van der Waals surface area (Å²) in [6.45, 7) is 2.31. The van der Waals surface area contributed by atoms with Crippen molar-refractivity contribution in [1.82, 2.24) is 9.62 Å². The van der Waals surface area contributed by atoms with Gasteiger partial charge >= 0.3 is 0 Å². The van der Waals surface area contributed by atoms with Gasteiger partial charge in [-0.2, -0.15) is 0 Å². The number of para-hydroxylation sites is 1. The van der Waals surface area contributed by atoms with Crippen LogP contribution in [0.25, 0.3) is 0 Å². The number of piperidine rings is 1. The topological polar surface area (TPSA) is 95.6 Å². The molecule has 2 N–H and O–H groups in total. The number of hydrogen-bond acceptors (Lipinski definition) is 4. The van der Waals surface area contributed by atoms with E-state index >= 15 is 0 Å². The highest BCUT2D eigenvalue weighted by atomic mass is 35.5. The second-order valence-corrected chi connectivity index (χ2v) is 12.1. The maximum absolute atomic E-state index is 13.1. The molecular formula is C28H29Cl2N3O4S. The van der Waals surface area contributed by atoms with Gasteiger partial charge in [0.05, 0.1) is 23.0 Å². The maximum atomic E-state index is 13.1. The summed E-state index contributed by atoms with van der Waals surface area (Å²) in [5.74, 6) is -1.22. The summed E-state index contributed by atoms with van der Waals surface area (Å²) in [6, 6.07) is 21.1. The number of hydrogen-bond donors (Lipinski definition) is 2. The van der Waals surface area contributed by atoms with Gasteiger partial charge in [0, 0.05) is 34.6 Å². The van der Waals surface area contributed by atoms with Gasteiger partial charge in [-0.15, -0.1) is 0 Å². The fourth-order valence-corrected chi connectivity index (χ4v) is 6.78. The van der Waals surface area contributed by atoms with Crippen LogP contribution in [0.2, 0.25) is 10.0 Å².